The Kier molecular flexibility index (Phi) is 6.04. The second-order valence-corrected chi connectivity index (χ2v) is 6.86. The predicted octanol–water partition coefficient (Wildman–Crippen LogP) is 2.15. The molecule has 0 spiro atoms. The van der Waals surface area contributed by atoms with Gasteiger partial charge in [0.25, 0.3) is 0 Å². The van der Waals surface area contributed by atoms with Crippen LogP contribution in [0.4, 0.5) is 5.82 Å². The van der Waals surface area contributed by atoms with Crippen molar-refractivity contribution in [2.24, 2.45) is 7.05 Å². The summed E-state index contributed by atoms with van der Waals surface area (Å²) in [4.78, 5) is 7.03. The molecule has 3 heterocycles. The zero-order chi connectivity index (χ0) is 17.6. The van der Waals surface area contributed by atoms with Crippen LogP contribution in [0.3, 0.4) is 0 Å². The smallest absolute Gasteiger partial charge is 0.128 e. The number of hydrogen-bond donors (Lipinski definition) is 2. The second kappa shape index (κ2) is 8.45. The van der Waals surface area contributed by atoms with Gasteiger partial charge in [0.2, 0.25) is 0 Å². The molecule has 0 aromatic carbocycles. The average Bonchev–Trinajstić information content (AvgIpc) is 2.95. The first-order chi connectivity index (χ1) is 12.2. The lowest BCUT2D eigenvalue weighted by atomic mass is 9.99. The summed E-state index contributed by atoms with van der Waals surface area (Å²) in [5, 5.41) is 17.0. The molecule has 0 bridgehead atoms. The first-order valence-corrected chi connectivity index (χ1v) is 9.19. The Morgan fingerprint density at radius 3 is 2.80 bits per heavy atom. The van der Waals surface area contributed by atoms with Crippen LogP contribution in [0.5, 0.6) is 0 Å². The van der Waals surface area contributed by atoms with Crippen LogP contribution in [-0.4, -0.2) is 39.1 Å². The van der Waals surface area contributed by atoms with E-state index in [0.29, 0.717) is 6.04 Å². The van der Waals surface area contributed by atoms with Crippen molar-refractivity contribution in [3.05, 3.63) is 41.3 Å². The molecule has 0 aliphatic carbocycles. The van der Waals surface area contributed by atoms with Crippen LogP contribution in [0.25, 0.3) is 0 Å². The number of rotatable bonds is 7. The van der Waals surface area contributed by atoms with Gasteiger partial charge in [0, 0.05) is 56.8 Å². The molecule has 1 aliphatic heterocycles. The van der Waals surface area contributed by atoms with Crippen LogP contribution in [-0.2, 0) is 20.1 Å². The van der Waals surface area contributed by atoms with Crippen LogP contribution in [0.1, 0.15) is 42.5 Å². The summed E-state index contributed by atoms with van der Waals surface area (Å²) in [6, 6.07) is 4.68. The molecule has 1 fully saturated rings. The normalized spacial score (nSPS) is 17.9. The molecule has 1 saturated heterocycles. The van der Waals surface area contributed by atoms with Crippen molar-refractivity contribution in [1.29, 1.82) is 0 Å². The highest BCUT2D eigenvalue weighted by Gasteiger charge is 2.22. The van der Waals surface area contributed by atoms with E-state index in [1.54, 1.807) is 0 Å². The minimum atomic E-state index is 0.247. The summed E-state index contributed by atoms with van der Waals surface area (Å²) in [6.45, 7) is 4.97. The maximum atomic E-state index is 9.28. The summed E-state index contributed by atoms with van der Waals surface area (Å²) in [5.41, 5.74) is 3.61. The Morgan fingerprint density at radius 2 is 2.12 bits per heavy atom. The van der Waals surface area contributed by atoms with E-state index in [-0.39, 0.29) is 6.61 Å². The second-order valence-electron chi connectivity index (χ2n) is 6.86. The number of hydrogen-bond acceptors (Lipinski definition) is 5. The van der Waals surface area contributed by atoms with Gasteiger partial charge in [0.1, 0.15) is 5.82 Å². The van der Waals surface area contributed by atoms with E-state index in [9.17, 15) is 5.11 Å². The quantitative estimate of drug-likeness (QED) is 0.806. The number of aryl methyl sites for hydroxylation is 1. The molecule has 2 N–H and O–H groups in total. The van der Waals surface area contributed by atoms with Gasteiger partial charge in [-0.25, -0.2) is 4.98 Å². The first-order valence-electron chi connectivity index (χ1n) is 9.19. The Balaban J connectivity index is 1.55. The molecule has 0 amide bonds. The number of nitrogens with zero attached hydrogens (tertiary/aromatic N) is 4. The molecular weight excluding hydrogens is 314 g/mol. The molecule has 2 aromatic rings. The molecule has 25 heavy (non-hydrogen) atoms. The monoisotopic (exact) mass is 343 g/mol. The van der Waals surface area contributed by atoms with Crippen molar-refractivity contribution in [3.8, 4) is 0 Å². The van der Waals surface area contributed by atoms with E-state index in [4.69, 9.17) is 0 Å². The molecule has 6 heteroatoms. The van der Waals surface area contributed by atoms with Crippen LogP contribution in [0, 0.1) is 6.92 Å². The Morgan fingerprint density at radius 1 is 1.24 bits per heavy atom. The first kappa shape index (κ1) is 17.9. The summed E-state index contributed by atoms with van der Waals surface area (Å²) in [6.07, 6.45) is 8.31. The van der Waals surface area contributed by atoms with Crippen molar-refractivity contribution in [2.75, 3.05) is 18.1 Å². The van der Waals surface area contributed by atoms with Gasteiger partial charge >= 0.3 is 0 Å². The van der Waals surface area contributed by atoms with Gasteiger partial charge in [-0.2, -0.15) is 5.10 Å². The lowest BCUT2D eigenvalue weighted by Crippen LogP contribution is -2.40. The van der Waals surface area contributed by atoms with Gasteiger partial charge in [-0.05, 0) is 44.2 Å². The average molecular weight is 343 g/mol. The van der Waals surface area contributed by atoms with Crippen LogP contribution >= 0.6 is 0 Å². The minimum Gasteiger partial charge on any atom is -0.396 e. The SMILES string of the molecule is Cc1c(CNCc2ccc(N3CCCC[C@H]3CCO)nc2)cnn1C. The van der Waals surface area contributed by atoms with E-state index in [1.165, 1.54) is 29.7 Å². The fourth-order valence-corrected chi connectivity index (χ4v) is 3.50. The molecule has 2 aromatic heterocycles. The van der Waals surface area contributed by atoms with Gasteiger partial charge < -0.3 is 15.3 Å². The zero-order valence-electron chi connectivity index (χ0n) is 15.3. The highest BCUT2D eigenvalue weighted by Crippen LogP contribution is 2.25. The number of aromatic nitrogens is 3. The lowest BCUT2D eigenvalue weighted by Gasteiger charge is -2.36. The maximum Gasteiger partial charge on any atom is 0.128 e. The van der Waals surface area contributed by atoms with Crippen molar-refractivity contribution in [3.63, 3.8) is 0 Å². The molecule has 136 valence electrons. The summed E-state index contributed by atoms with van der Waals surface area (Å²) in [7, 11) is 1.96. The topological polar surface area (TPSA) is 66.2 Å². The maximum absolute atomic E-state index is 9.28. The molecule has 0 unspecified atom stereocenters. The molecule has 6 nitrogen and oxygen atoms in total. The molecular formula is C19H29N5O. The summed E-state index contributed by atoms with van der Waals surface area (Å²) < 4.78 is 1.90. The van der Waals surface area contributed by atoms with Crippen LogP contribution in [0.2, 0.25) is 0 Å². The fraction of sp³-hybridized carbons (Fsp3) is 0.579. The van der Waals surface area contributed by atoms with Crippen molar-refractivity contribution < 1.29 is 5.11 Å². The van der Waals surface area contributed by atoms with E-state index in [1.807, 2.05) is 24.1 Å². The number of aliphatic hydroxyl groups is 1. The standard InChI is InChI=1S/C19H29N5O/c1-15-17(14-22-23(15)2)13-20-11-16-6-7-19(21-12-16)24-9-4-3-5-18(24)8-10-25/h6-7,12,14,18,20,25H,3-5,8-11,13H2,1-2H3/t18-/m0/s1. The molecule has 0 radical (unpaired) electrons. The molecule has 1 atom stereocenters. The third kappa shape index (κ3) is 4.38. The highest BCUT2D eigenvalue weighted by molar-refractivity contribution is 5.41. The molecule has 1 aliphatic rings. The van der Waals surface area contributed by atoms with Gasteiger partial charge in [-0.1, -0.05) is 6.07 Å². The number of aliphatic hydroxyl groups excluding tert-OH is 1. The van der Waals surface area contributed by atoms with E-state index in [2.05, 4.69) is 39.4 Å². The van der Waals surface area contributed by atoms with Gasteiger partial charge in [-0.3, -0.25) is 4.68 Å². The van der Waals surface area contributed by atoms with Crippen molar-refractivity contribution in [1.82, 2.24) is 20.1 Å². The van der Waals surface area contributed by atoms with Gasteiger partial charge in [0.05, 0.1) is 6.20 Å². The number of nitrogens with one attached hydrogen (secondary N) is 1. The minimum absolute atomic E-state index is 0.247. The van der Waals surface area contributed by atoms with E-state index in [0.717, 1.165) is 38.3 Å². The number of anilines is 1. The van der Waals surface area contributed by atoms with E-state index < -0.39 is 0 Å². The third-order valence-electron chi connectivity index (χ3n) is 5.17. The fourth-order valence-electron chi connectivity index (χ4n) is 3.50. The van der Waals surface area contributed by atoms with Crippen molar-refractivity contribution >= 4 is 5.82 Å². The highest BCUT2D eigenvalue weighted by atomic mass is 16.3. The van der Waals surface area contributed by atoms with Gasteiger partial charge in [-0.15, -0.1) is 0 Å². The molecule has 0 saturated carbocycles. The third-order valence-corrected chi connectivity index (χ3v) is 5.17. The van der Waals surface area contributed by atoms with E-state index >= 15 is 0 Å². The van der Waals surface area contributed by atoms with Crippen molar-refractivity contribution in [2.45, 2.75) is 51.7 Å². The number of pyridine rings is 1. The lowest BCUT2D eigenvalue weighted by molar-refractivity contribution is 0.262. The largest absolute Gasteiger partial charge is 0.396 e. The predicted molar refractivity (Wildman–Crippen MR) is 99.4 cm³/mol. The Hall–Kier alpha value is -1.92. The Bertz CT molecular complexity index is 665. The number of piperidine rings is 1. The van der Waals surface area contributed by atoms with Gasteiger partial charge in [0.15, 0.2) is 0 Å². The summed E-state index contributed by atoms with van der Waals surface area (Å²) >= 11 is 0. The van der Waals surface area contributed by atoms with Crippen LogP contribution < -0.4 is 10.2 Å². The zero-order valence-corrected chi connectivity index (χ0v) is 15.3. The summed E-state index contributed by atoms with van der Waals surface area (Å²) in [5.74, 6) is 1.03. The Labute approximate surface area is 149 Å². The molecule has 3 rings (SSSR count). The van der Waals surface area contributed by atoms with Crippen LogP contribution in [0.15, 0.2) is 24.5 Å².